The second kappa shape index (κ2) is 10.3. The molecule has 4 aliphatic rings. The Morgan fingerprint density at radius 3 is 2.72 bits per heavy atom. The number of likely N-dealkylation sites (tertiary alicyclic amines) is 1. The lowest BCUT2D eigenvalue weighted by Gasteiger charge is -2.27. The van der Waals surface area contributed by atoms with Crippen molar-refractivity contribution < 1.29 is 19.4 Å². The lowest BCUT2D eigenvalue weighted by atomic mass is 10.1. The third-order valence-electron chi connectivity index (χ3n) is 10.0. The molecule has 4 fully saturated rings. The minimum absolute atomic E-state index is 0.104. The Morgan fingerprint density at radius 2 is 1.95 bits per heavy atom. The van der Waals surface area contributed by atoms with Gasteiger partial charge in [-0.3, -0.25) is 4.79 Å². The first kappa shape index (κ1) is 26.5. The number of amides is 2. The summed E-state index contributed by atoms with van der Waals surface area (Å²) in [6.45, 7) is 4.21. The number of benzene rings is 1. The fraction of sp³-hybridized carbons (Fsp3) is 0.500. The van der Waals surface area contributed by atoms with Crippen LogP contribution in [-0.4, -0.2) is 79.9 Å². The molecule has 224 valence electrons. The van der Waals surface area contributed by atoms with Crippen molar-refractivity contribution in [3.05, 3.63) is 42.1 Å². The highest BCUT2D eigenvalue weighted by Crippen LogP contribution is 2.41. The molecule has 1 aromatic carbocycles. The summed E-state index contributed by atoms with van der Waals surface area (Å²) in [6, 6.07) is 9.66. The number of imidazole rings is 1. The molecule has 3 aromatic heterocycles. The van der Waals surface area contributed by atoms with Crippen LogP contribution in [0.25, 0.3) is 33.6 Å². The molecule has 0 radical (unpaired) electrons. The average molecular weight is 584 g/mol. The molecule has 4 atom stereocenters. The Morgan fingerprint density at radius 1 is 1.09 bits per heavy atom. The number of hydrogen-bond donors (Lipinski definition) is 3. The van der Waals surface area contributed by atoms with Gasteiger partial charge in [0.2, 0.25) is 0 Å². The van der Waals surface area contributed by atoms with Crippen molar-refractivity contribution in [2.45, 2.75) is 57.3 Å². The summed E-state index contributed by atoms with van der Waals surface area (Å²) in [5.41, 5.74) is 4.15. The molecule has 2 aliphatic carbocycles. The van der Waals surface area contributed by atoms with Crippen LogP contribution in [0.4, 0.5) is 4.79 Å². The average Bonchev–Trinajstić information content (AvgIpc) is 3.40. The third kappa shape index (κ3) is 4.52. The summed E-state index contributed by atoms with van der Waals surface area (Å²) < 4.78 is 10.6. The van der Waals surface area contributed by atoms with Crippen molar-refractivity contribution in [1.29, 1.82) is 0 Å². The van der Waals surface area contributed by atoms with E-state index >= 15 is 0 Å². The topological polar surface area (TPSA) is 127 Å². The monoisotopic (exact) mass is 583 g/mol. The van der Waals surface area contributed by atoms with Gasteiger partial charge >= 0.3 is 6.09 Å². The number of nitrogens with zero attached hydrogens (tertiary/aromatic N) is 5. The van der Waals surface area contributed by atoms with E-state index in [1.165, 1.54) is 12.8 Å². The fourth-order valence-corrected chi connectivity index (χ4v) is 7.78. The predicted molar refractivity (Wildman–Crippen MR) is 161 cm³/mol. The van der Waals surface area contributed by atoms with Gasteiger partial charge in [-0.15, -0.1) is 0 Å². The van der Waals surface area contributed by atoms with E-state index < -0.39 is 6.09 Å². The summed E-state index contributed by atoms with van der Waals surface area (Å²) in [7, 11) is 1.65. The zero-order valence-corrected chi connectivity index (χ0v) is 24.3. The van der Waals surface area contributed by atoms with Gasteiger partial charge in [0, 0.05) is 36.8 Å². The number of aromatic nitrogens is 4. The van der Waals surface area contributed by atoms with Crippen molar-refractivity contribution in [2.24, 2.45) is 17.8 Å². The van der Waals surface area contributed by atoms with Crippen LogP contribution in [0.1, 0.15) is 42.5 Å². The van der Waals surface area contributed by atoms with Gasteiger partial charge in [0.1, 0.15) is 16.9 Å². The molecule has 11 heteroatoms. The van der Waals surface area contributed by atoms with Gasteiger partial charge in [-0.05, 0) is 93.3 Å². The molecule has 2 saturated heterocycles. The smallest absolute Gasteiger partial charge is 0.404 e. The van der Waals surface area contributed by atoms with E-state index in [4.69, 9.17) is 14.7 Å². The number of carbonyl (C=O) groups is 2. The van der Waals surface area contributed by atoms with Gasteiger partial charge in [-0.2, -0.15) is 0 Å². The van der Waals surface area contributed by atoms with Gasteiger partial charge in [0.15, 0.2) is 5.82 Å². The minimum Gasteiger partial charge on any atom is -0.494 e. The molecule has 2 aliphatic heterocycles. The van der Waals surface area contributed by atoms with E-state index in [0.717, 1.165) is 79.0 Å². The van der Waals surface area contributed by atoms with Crippen LogP contribution in [0.5, 0.6) is 5.75 Å². The number of hydrogen-bond acceptors (Lipinski definition) is 6. The van der Waals surface area contributed by atoms with Crippen molar-refractivity contribution in [2.75, 3.05) is 26.7 Å². The number of piperidine rings is 1. The highest BCUT2D eigenvalue weighted by Gasteiger charge is 2.49. The van der Waals surface area contributed by atoms with Crippen molar-refractivity contribution in [3.63, 3.8) is 0 Å². The second-order valence-electron chi connectivity index (χ2n) is 12.8. The molecular formula is C32H37N7O4. The summed E-state index contributed by atoms with van der Waals surface area (Å²) in [6.07, 6.45) is 6.10. The summed E-state index contributed by atoms with van der Waals surface area (Å²) >= 11 is 0. The van der Waals surface area contributed by atoms with E-state index in [2.05, 4.69) is 31.9 Å². The second-order valence-corrected chi connectivity index (χ2v) is 12.8. The van der Waals surface area contributed by atoms with Crippen LogP contribution in [0.15, 0.2) is 36.5 Å². The number of ether oxygens (including phenoxy) is 1. The molecule has 11 nitrogen and oxygen atoms in total. The third-order valence-corrected chi connectivity index (χ3v) is 10.0. The maximum atomic E-state index is 14.0. The normalized spacial score (nSPS) is 24.8. The Kier molecular flexibility index (Phi) is 6.32. The Balaban J connectivity index is 1.24. The van der Waals surface area contributed by atoms with Gasteiger partial charge in [0.25, 0.3) is 5.91 Å². The van der Waals surface area contributed by atoms with Crippen LogP contribution in [0, 0.1) is 17.8 Å². The van der Waals surface area contributed by atoms with Crippen molar-refractivity contribution in [3.8, 4) is 17.3 Å². The lowest BCUT2D eigenvalue weighted by Crippen LogP contribution is -2.45. The highest BCUT2D eigenvalue weighted by atomic mass is 16.5. The van der Waals surface area contributed by atoms with E-state index in [-0.39, 0.29) is 23.9 Å². The molecular weight excluding hydrogens is 546 g/mol. The molecule has 5 heterocycles. The Hall–Kier alpha value is -4.12. The molecule has 4 aromatic rings. The first-order chi connectivity index (χ1) is 21.0. The lowest BCUT2D eigenvalue weighted by molar-refractivity contribution is 0.0697. The summed E-state index contributed by atoms with van der Waals surface area (Å²) in [5.74, 6) is 2.64. The fourth-order valence-electron chi connectivity index (χ4n) is 7.78. The number of carboxylic acid groups (broad SMARTS) is 1. The van der Waals surface area contributed by atoms with Gasteiger partial charge < -0.3 is 34.5 Å². The minimum atomic E-state index is -1.04. The Bertz CT molecular complexity index is 1730. The van der Waals surface area contributed by atoms with Gasteiger partial charge in [0.05, 0.1) is 30.4 Å². The van der Waals surface area contributed by atoms with E-state index in [0.29, 0.717) is 29.7 Å². The SMILES string of the molecule is COc1cc(C(=O)N2C[C@H]3CC[C@@H]2[C@@H]3NC(=O)O)cc2nc(-c3cc4cccnc4n3CC3CC3)n(C[C@H]3CCNC3)c12. The first-order valence-corrected chi connectivity index (χ1v) is 15.5. The number of nitrogens with one attached hydrogen (secondary N) is 2. The zero-order valence-electron chi connectivity index (χ0n) is 24.3. The number of pyridine rings is 1. The molecule has 8 rings (SSSR count). The largest absolute Gasteiger partial charge is 0.494 e. The zero-order chi connectivity index (χ0) is 29.2. The van der Waals surface area contributed by atoms with Crippen LogP contribution in [-0.2, 0) is 13.1 Å². The molecule has 43 heavy (non-hydrogen) atoms. The molecule has 3 N–H and O–H groups in total. The number of fused-ring (bicyclic) bond motifs is 4. The number of rotatable bonds is 8. The van der Waals surface area contributed by atoms with Crippen molar-refractivity contribution >= 4 is 34.1 Å². The standard InChI is InChI=1S/C32H37N7O4/c1-43-26-13-22(31(40)38-17-21-6-7-24(38)27(21)36-32(41)42)11-23-28(26)39(16-19-8-10-33-14-19)30(35-23)25-12-20-3-2-9-34-29(20)37(25)15-18-4-5-18/h2-3,9,11-13,18-19,21,24,27,33,36H,4-8,10,14-17H2,1H3,(H,41,42)/t19-,21+,24+,27+/m0/s1. The number of methoxy groups -OCH3 is 1. The van der Waals surface area contributed by atoms with Crippen LogP contribution >= 0.6 is 0 Å². The van der Waals surface area contributed by atoms with Crippen LogP contribution in [0.2, 0.25) is 0 Å². The van der Waals surface area contributed by atoms with Gasteiger partial charge in [-0.1, -0.05) is 0 Å². The van der Waals surface area contributed by atoms with E-state index in [1.807, 2.05) is 29.3 Å². The predicted octanol–water partition coefficient (Wildman–Crippen LogP) is 3.95. The van der Waals surface area contributed by atoms with Crippen LogP contribution < -0.4 is 15.4 Å². The molecule has 2 amide bonds. The maximum Gasteiger partial charge on any atom is 0.404 e. The van der Waals surface area contributed by atoms with Crippen molar-refractivity contribution in [1.82, 2.24) is 34.6 Å². The highest BCUT2D eigenvalue weighted by molar-refractivity contribution is 6.00. The molecule has 2 bridgehead atoms. The Labute approximate surface area is 249 Å². The van der Waals surface area contributed by atoms with Gasteiger partial charge in [-0.25, -0.2) is 14.8 Å². The molecule has 0 spiro atoms. The van der Waals surface area contributed by atoms with E-state index in [1.54, 1.807) is 7.11 Å². The number of carbonyl (C=O) groups excluding carboxylic acids is 1. The quantitative estimate of drug-likeness (QED) is 0.287. The first-order valence-electron chi connectivity index (χ1n) is 15.5. The van der Waals surface area contributed by atoms with E-state index in [9.17, 15) is 14.7 Å². The summed E-state index contributed by atoms with van der Waals surface area (Å²) in [4.78, 5) is 37.2. The summed E-state index contributed by atoms with van der Waals surface area (Å²) in [5, 5.41) is 16.6. The maximum absolute atomic E-state index is 14.0. The van der Waals surface area contributed by atoms with Crippen LogP contribution in [0.3, 0.4) is 0 Å². The molecule has 2 saturated carbocycles. The molecule has 0 unspecified atom stereocenters.